The zero-order chi connectivity index (χ0) is 34.7. The van der Waals surface area contributed by atoms with E-state index in [1.54, 1.807) is 0 Å². The number of carbonyl (C=O) groups is 2. The molecule has 0 heterocycles. The highest BCUT2D eigenvalue weighted by atomic mass is 35.5. The van der Waals surface area contributed by atoms with Crippen LogP contribution in [0.4, 0.5) is 10.1 Å². The lowest BCUT2D eigenvalue weighted by Crippen LogP contribution is -2.53. The van der Waals surface area contributed by atoms with E-state index in [0.717, 1.165) is 22.7 Å². The zero-order valence-corrected chi connectivity index (χ0v) is 28.6. The highest BCUT2D eigenvalue weighted by Crippen LogP contribution is 2.33. The average Bonchev–Trinajstić information content (AvgIpc) is 3.10. The van der Waals surface area contributed by atoms with Crippen LogP contribution in [-0.2, 0) is 32.6 Å². The van der Waals surface area contributed by atoms with Gasteiger partial charge in [0.05, 0.1) is 24.8 Å². The zero-order valence-electron chi connectivity index (χ0n) is 27.1. The number of sulfonamides is 1. The first kappa shape index (κ1) is 36.2. The molecule has 4 aromatic carbocycles. The summed E-state index contributed by atoms with van der Waals surface area (Å²) in [5.74, 6) is -0.974. The molecule has 0 saturated carbocycles. The molecule has 4 rings (SSSR count). The molecule has 0 spiro atoms. The second-order valence-electron chi connectivity index (χ2n) is 11.0. The van der Waals surface area contributed by atoms with Gasteiger partial charge in [0.25, 0.3) is 10.0 Å². The second kappa shape index (κ2) is 17.0. The van der Waals surface area contributed by atoms with Crippen LogP contribution in [0.2, 0.25) is 5.02 Å². The Hall–Kier alpha value is -4.61. The van der Waals surface area contributed by atoms with Crippen LogP contribution in [0, 0.1) is 5.82 Å². The van der Waals surface area contributed by atoms with Crippen LogP contribution in [0.5, 0.6) is 11.5 Å². The van der Waals surface area contributed by atoms with E-state index in [2.05, 4.69) is 5.32 Å². The number of nitrogens with zero attached hydrogens (tertiary/aromatic N) is 2. The largest absolute Gasteiger partial charge is 0.493 e. The Morgan fingerprint density at radius 1 is 0.875 bits per heavy atom. The van der Waals surface area contributed by atoms with Gasteiger partial charge >= 0.3 is 0 Å². The monoisotopic (exact) mass is 695 g/mol. The number of halogens is 2. The molecule has 0 radical (unpaired) electrons. The Morgan fingerprint density at radius 2 is 1.54 bits per heavy atom. The van der Waals surface area contributed by atoms with Crippen LogP contribution in [0.3, 0.4) is 0 Å². The number of anilines is 1. The average molecular weight is 696 g/mol. The number of nitrogens with one attached hydrogen (secondary N) is 1. The van der Waals surface area contributed by atoms with E-state index in [-0.39, 0.29) is 35.2 Å². The van der Waals surface area contributed by atoms with Crippen LogP contribution in [0.15, 0.2) is 102 Å². The van der Waals surface area contributed by atoms with Crippen LogP contribution in [0.25, 0.3) is 0 Å². The van der Waals surface area contributed by atoms with Gasteiger partial charge in [0.1, 0.15) is 18.4 Å². The lowest BCUT2D eigenvalue weighted by atomic mass is 10.0. The van der Waals surface area contributed by atoms with Gasteiger partial charge in [0.15, 0.2) is 11.5 Å². The number of ether oxygens (including phenoxy) is 2. The molecule has 254 valence electrons. The van der Waals surface area contributed by atoms with Gasteiger partial charge in [0.2, 0.25) is 11.8 Å². The van der Waals surface area contributed by atoms with E-state index in [4.69, 9.17) is 21.1 Å². The fourth-order valence-electron chi connectivity index (χ4n) is 5.09. The number of rotatable bonds is 16. The van der Waals surface area contributed by atoms with Gasteiger partial charge in [-0.05, 0) is 66.1 Å². The maximum absolute atomic E-state index is 14.5. The highest BCUT2D eigenvalue weighted by Gasteiger charge is 2.35. The smallest absolute Gasteiger partial charge is 0.264 e. The minimum Gasteiger partial charge on any atom is -0.493 e. The molecule has 9 nitrogen and oxygen atoms in total. The first-order valence-corrected chi connectivity index (χ1v) is 17.2. The Morgan fingerprint density at radius 3 is 2.17 bits per heavy atom. The van der Waals surface area contributed by atoms with E-state index in [1.165, 1.54) is 85.8 Å². The van der Waals surface area contributed by atoms with Gasteiger partial charge in [-0.2, -0.15) is 0 Å². The Labute approximate surface area is 286 Å². The molecule has 2 amide bonds. The predicted molar refractivity (Wildman–Crippen MR) is 184 cm³/mol. The maximum Gasteiger partial charge on any atom is 0.264 e. The number of hydrogen-bond donors (Lipinski definition) is 1. The molecule has 48 heavy (non-hydrogen) atoms. The van der Waals surface area contributed by atoms with Crippen LogP contribution >= 0.6 is 11.6 Å². The Balaban J connectivity index is 1.80. The number of benzene rings is 4. The predicted octanol–water partition coefficient (Wildman–Crippen LogP) is 6.25. The molecule has 4 aromatic rings. The SMILES string of the molecule is CCCCNC(=O)[C@H](Cc1ccccc1)N(Cc1ccc(F)cc1)C(=O)CN(c1ccc(Cl)cc1)S(=O)(=O)c1ccc(OC)c(OC)c1. The summed E-state index contributed by atoms with van der Waals surface area (Å²) in [5.41, 5.74) is 1.54. The lowest BCUT2D eigenvalue weighted by Gasteiger charge is -2.34. The van der Waals surface area contributed by atoms with Crippen molar-refractivity contribution in [1.82, 2.24) is 10.2 Å². The molecule has 0 aliphatic rings. The molecule has 12 heteroatoms. The highest BCUT2D eigenvalue weighted by molar-refractivity contribution is 7.92. The van der Waals surface area contributed by atoms with E-state index in [0.29, 0.717) is 22.9 Å². The molecule has 0 aliphatic heterocycles. The number of amides is 2. The summed E-state index contributed by atoms with van der Waals surface area (Å²) in [6.45, 7) is 1.67. The standard InChI is InChI=1S/C36H39ClFN3O6S/c1-4-5-21-39-36(43)32(22-26-9-7-6-8-10-26)40(24-27-11-15-29(38)16-12-27)35(42)25-41(30-17-13-28(37)14-18-30)48(44,45)31-19-20-33(46-2)34(23-31)47-3/h6-20,23,32H,4-5,21-22,24-25H2,1-3H3,(H,39,43)/t32-/m0/s1. The van der Waals surface area contributed by atoms with Crippen molar-refractivity contribution in [2.24, 2.45) is 0 Å². The summed E-state index contributed by atoms with van der Waals surface area (Å²) in [6, 6.07) is 24.0. The molecule has 0 saturated heterocycles. The van der Waals surface area contributed by atoms with E-state index in [1.807, 2.05) is 37.3 Å². The summed E-state index contributed by atoms with van der Waals surface area (Å²) >= 11 is 6.14. The molecule has 0 unspecified atom stereocenters. The minimum atomic E-state index is -4.40. The van der Waals surface area contributed by atoms with Crippen LogP contribution in [-0.4, -0.2) is 58.5 Å². The van der Waals surface area contributed by atoms with Crippen molar-refractivity contribution < 1.29 is 31.9 Å². The summed E-state index contributed by atoms with van der Waals surface area (Å²) in [5, 5.41) is 3.31. The molecular formula is C36H39ClFN3O6S. The summed E-state index contributed by atoms with van der Waals surface area (Å²) < 4.78 is 54.1. The quantitative estimate of drug-likeness (QED) is 0.139. The summed E-state index contributed by atoms with van der Waals surface area (Å²) in [6.07, 6.45) is 1.75. The fraction of sp³-hybridized carbons (Fsp3) is 0.278. The van der Waals surface area contributed by atoms with Crippen LogP contribution in [0.1, 0.15) is 30.9 Å². The number of hydrogen-bond acceptors (Lipinski definition) is 6. The van der Waals surface area contributed by atoms with Crippen molar-refractivity contribution in [3.8, 4) is 11.5 Å². The topological polar surface area (TPSA) is 105 Å². The van der Waals surface area contributed by atoms with Gasteiger partial charge in [-0.25, -0.2) is 12.8 Å². The normalized spacial score (nSPS) is 11.8. The van der Waals surface area contributed by atoms with Crippen molar-refractivity contribution in [3.05, 3.63) is 119 Å². The molecule has 1 N–H and O–H groups in total. The summed E-state index contributed by atoms with van der Waals surface area (Å²) in [7, 11) is -1.57. The molecular weight excluding hydrogens is 657 g/mol. The first-order chi connectivity index (χ1) is 23.1. The van der Waals surface area contributed by atoms with Gasteiger partial charge < -0.3 is 19.7 Å². The first-order valence-electron chi connectivity index (χ1n) is 15.4. The van der Waals surface area contributed by atoms with Crippen molar-refractivity contribution in [3.63, 3.8) is 0 Å². The maximum atomic E-state index is 14.5. The van der Waals surface area contributed by atoms with Crippen molar-refractivity contribution in [1.29, 1.82) is 0 Å². The third-order valence-electron chi connectivity index (χ3n) is 7.70. The molecule has 1 atom stereocenters. The van der Waals surface area contributed by atoms with Gasteiger partial charge in [-0.15, -0.1) is 0 Å². The van der Waals surface area contributed by atoms with Crippen LogP contribution < -0.4 is 19.1 Å². The number of unbranched alkanes of at least 4 members (excludes halogenated alkanes) is 1. The van der Waals surface area contributed by atoms with Gasteiger partial charge in [-0.3, -0.25) is 13.9 Å². The lowest BCUT2D eigenvalue weighted by molar-refractivity contribution is -0.140. The molecule has 0 bridgehead atoms. The van der Waals surface area contributed by atoms with E-state index < -0.39 is 34.3 Å². The van der Waals surface area contributed by atoms with Crippen molar-refractivity contribution >= 4 is 39.1 Å². The Kier molecular flexibility index (Phi) is 12.8. The van der Waals surface area contributed by atoms with E-state index in [9.17, 15) is 22.4 Å². The molecule has 0 aromatic heterocycles. The number of carbonyl (C=O) groups excluding carboxylic acids is 2. The summed E-state index contributed by atoms with van der Waals surface area (Å²) in [4.78, 5) is 29.6. The Bertz CT molecular complexity index is 1770. The molecule has 0 aliphatic carbocycles. The molecule has 0 fully saturated rings. The third kappa shape index (κ3) is 9.26. The second-order valence-corrected chi connectivity index (χ2v) is 13.3. The van der Waals surface area contributed by atoms with E-state index >= 15 is 0 Å². The minimum absolute atomic E-state index is 0.0807. The van der Waals surface area contributed by atoms with Gasteiger partial charge in [0, 0.05) is 30.6 Å². The number of methoxy groups -OCH3 is 2. The van der Waals surface area contributed by atoms with Gasteiger partial charge in [-0.1, -0.05) is 67.4 Å². The van der Waals surface area contributed by atoms with Crippen molar-refractivity contribution in [2.75, 3.05) is 31.6 Å². The third-order valence-corrected chi connectivity index (χ3v) is 9.73. The fourth-order valence-corrected chi connectivity index (χ4v) is 6.64. The van der Waals surface area contributed by atoms with Crippen molar-refractivity contribution in [2.45, 2.75) is 43.7 Å².